The predicted molar refractivity (Wildman–Crippen MR) is 124 cm³/mol. The van der Waals surface area contributed by atoms with Crippen LogP contribution < -0.4 is 10.6 Å². The van der Waals surface area contributed by atoms with Crippen molar-refractivity contribution in [2.24, 2.45) is 0 Å². The molecule has 1 saturated carbocycles. The molecule has 2 aromatic carbocycles. The predicted octanol–water partition coefficient (Wildman–Crippen LogP) is 3.50. The van der Waals surface area contributed by atoms with Crippen LogP contribution in [0.1, 0.15) is 47.7 Å². The van der Waals surface area contributed by atoms with Gasteiger partial charge < -0.3 is 15.2 Å². The highest BCUT2D eigenvalue weighted by Crippen LogP contribution is 2.38. The lowest BCUT2D eigenvalue weighted by Crippen LogP contribution is -2.49. The fourth-order valence-corrected chi connectivity index (χ4v) is 4.33. The van der Waals surface area contributed by atoms with E-state index in [1.807, 2.05) is 41.1 Å². The van der Waals surface area contributed by atoms with Crippen LogP contribution in [0.2, 0.25) is 0 Å². The number of aromatic nitrogens is 2. The van der Waals surface area contributed by atoms with Gasteiger partial charge in [-0.2, -0.15) is 0 Å². The molecule has 1 aromatic heterocycles. The SMILES string of the molecule is Cc1ccccc1C1CC(NC(=O)C(=O)NCc2nccn2CCCc2ccccc2)C1. The third kappa shape index (κ3) is 5.44. The minimum atomic E-state index is -0.608. The van der Waals surface area contributed by atoms with Gasteiger partial charge in [-0.1, -0.05) is 54.6 Å². The molecule has 0 saturated heterocycles. The van der Waals surface area contributed by atoms with E-state index in [-0.39, 0.29) is 12.6 Å². The summed E-state index contributed by atoms with van der Waals surface area (Å²) in [5.74, 6) is 0.0268. The van der Waals surface area contributed by atoms with E-state index in [1.54, 1.807) is 6.20 Å². The number of carbonyl (C=O) groups excluding carboxylic acids is 2. The summed E-state index contributed by atoms with van der Waals surface area (Å²) in [4.78, 5) is 28.9. The van der Waals surface area contributed by atoms with Gasteiger partial charge >= 0.3 is 11.8 Å². The Morgan fingerprint density at radius 1 is 1.03 bits per heavy atom. The number of imidazole rings is 1. The van der Waals surface area contributed by atoms with Crippen molar-refractivity contribution in [3.63, 3.8) is 0 Å². The quantitative estimate of drug-likeness (QED) is 0.537. The highest BCUT2D eigenvalue weighted by Gasteiger charge is 2.33. The van der Waals surface area contributed by atoms with Gasteiger partial charge in [0.25, 0.3) is 0 Å². The van der Waals surface area contributed by atoms with Gasteiger partial charge in [-0.25, -0.2) is 4.98 Å². The van der Waals surface area contributed by atoms with Crippen molar-refractivity contribution < 1.29 is 9.59 Å². The number of benzene rings is 2. The van der Waals surface area contributed by atoms with Crippen molar-refractivity contribution in [1.29, 1.82) is 0 Å². The highest BCUT2D eigenvalue weighted by molar-refractivity contribution is 6.35. The molecule has 0 radical (unpaired) electrons. The molecule has 32 heavy (non-hydrogen) atoms. The lowest BCUT2D eigenvalue weighted by molar-refractivity contribution is -0.140. The molecule has 2 amide bonds. The molecular weight excluding hydrogens is 400 g/mol. The number of rotatable bonds is 8. The Morgan fingerprint density at radius 2 is 1.78 bits per heavy atom. The zero-order chi connectivity index (χ0) is 22.3. The van der Waals surface area contributed by atoms with E-state index < -0.39 is 11.8 Å². The van der Waals surface area contributed by atoms with Crippen LogP contribution in [-0.4, -0.2) is 27.4 Å². The molecule has 1 heterocycles. The molecule has 6 nitrogen and oxygen atoms in total. The number of nitrogens with one attached hydrogen (secondary N) is 2. The summed E-state index contributed by atoms with van der Waals surface area (Å²) in [5, 5.41) is 5.56. The second-order valence-corrected chi connectivity index (χ2v) is 8.50. The standard InChI is InChI=1S/C26H30N4O2/c1-19-8-5-6-12-23(19)21-16-22(17-21)29-26(32)25(31)28-18-24-27-13-15-30(24)14-7-11-20-9-3-2-4-10-20/h2-6,8-10,12-13,15,21-22H,7,11,14,16-18H2,1H3,(H,28,31)(H,29,32). The van der Waals surface area contributed by atoms with E-state index in [4.69, 9.17) is 0 Å². The monoisotopic (exact) mass is 430 g/mol. The molecule has 2 N–H and O–H groups in total. The lowest BCUT2D eigenvalue weighted by Gasteiger charge is -2.36. The zero-order valence-corrected chi connectivity index (χ0v) is 18.5. The maximum Gasteiger partial charge on any atom is 0.309 e. The van der Waals surface area contributed by atoms with Crippen LogP contribution in [0.25, 0.3) is 0 Å². The molecule has 0 aliphatic heterocycles. The summed E-state index contributed by atoms with van der Waals surface area (Å²) in [5.41, 5.74) is 3.92. The summed E-state index contributed by atoms with van der Waals surface area (Å²) in [7, 11) is 0. The first kappa shape index (κ1) is 21.8. The number of aryl methyl sites for hydroxylation is 3. The molecule has 3 aromatic rings. The van der Waals surface area contributed by atoms with Gasteiger partial charge in [-0.15, -0.1) is 0 Å². The van der Waals surface area contributed by atoms with Crippen LogP contribution in [0, 0.1) is 6.92 Å². The molecule has 0 spiro atoms. The van der Waals surface area contributed by atoms with Gasteiger partial charge in [0.05, 0.1) is 6.54 Å². The molecule has 6 heteroatoms. The number of carbonyl (C=O) groups is 2. The van der Waals surface area contributed by atoms with Crippen molar-refractivity contribution in [3.05, 3.63) is 89.5 Å². The smallest absolute Gasteiger partial charge is 0.309 e. The van der Waals surface area contributed by atoms with Crippen LogP contribution in [0.5, 0.6) is 0 Å². The average molecular weight is 431 g/mol. The second kappa shape index (κ2) is 10.3. The van der Waals surface area contributed by atoms with Crippen molar-refractivity contribution in [1.82, 2.24) is 20.2 Å². The Labute approximate surface area is 189 Å². The average Bonchev–Trinajstić information content (AvgIpc) is 3.23. The van der Waals surface area contributed by atoms with E-state index in [1.165, 1.54) is 16.7 Å². The number of hydrogen-bond donors (Lipinski definition) is 2. The molecule has 0 atom stereocenters. The lowest BCUT2D eigenvalue weighted by atomic mass is 9.74. The van der Waals surface area contributed by atoms with E-state index in [9.17, 15) is 9.59 Å². The highest BCUT2D eigenvalue weighted by atomic mass is 16.2. The third-order valence-corrected chi connectivity index (χ3v) is 6.22. The normalized spacial score (nSPS) is 17.4. The Hall–Kier alpha value is -3.41. The van der Waals surface area contributed by atoms with Gasteiger partial charge in [0.1, 0.15) is 5.82 Å². The van der Waals surface area contributed by atoms with Crippen molar-refractivity contribution in [2.75, 3.05) is 0 Å². The molecular formula is C26H30N4O2. The van der Waals surface area contributed by atoms with Gasteiger partial charge in [0, 0.05) is 25.0 Å². The first-order chi connectivity index (χ1) is 15.6. The fraction of sp³-hybridized carbons (Fsp3) is 0.346. The van der Waals surface area contributed by atoms with Gasteiger partial charge in [-0.3, -0.25) is 9.59 Å². The Balaban J connectivity index is 1.19. The minimum absolute atomic E-state index is 0.0535. The molecule has 1 aliphatic carbocycles. The molecule has 4 rings (SSSR count). The molecule has 1 fully saturated rings. The number of hydrogen-bond acceptors (Lipinski definition) is 3. The Kier molecular flexibility index (Phi) is 7.00. The van der Waals surface area contributed by atoms with Crippen molar-refractivity contribution >= 4 is 11.8 Å². The van der Waals surface area contributed by atoms with E-state index in [0.717, 1.165) is 38.1 Å². The Morgan fingerprint density at radius 3 is 2.56 bits per heavy atom. The van der Waals surface area contributed by atoms with E-state index >= 15 is 0 Å². The molecule has 0 unspecified atom stereocenters. The van der Waals surface area contributed by atoms with Crippen LogP contribution in [-0.2, 0) is 29.1 Å². The van der Waals surface area contributed by atoms with E-state index in [2.05, 4.69) is 46.8 Å². The van der Waals surface area contributed by atoms with Gasteiger partial charge in [0.2, 0.25) is 0 Å². The number of amides is 2. The van der Waals surface area contributed by atoms with Gasteiger partial charge in [-0.05, 0) is 55.2 Å². The largest absolute Gasteiger partial charge is 0.345 e. The first-order valence-corrected chi connectivity index (χ1v) is 11.3. The van der Waals surface area contributed by atoms with Crippen LogP contribution >= 0.6 is 0 Å². The molecule has 166 valence electrons. The Bertz CT molecular complexity index is 1050. The maximum atomic E-state index is 12.3. The van der Waals surface area contributed by atoms with Crippen LogP contribution in [0.15, 0.2) is 67.0 Å². The minimum Gasteiger partial charge on any atom is -0.345 e. The second-order valence-electron chi connectivity index (χ2n) is 8.50. The maximum absolute atomic E-state index is 12.3. The molecule has 1 aliphatic rings. The zero-order valence-electron chi connectivity index (χ0n) is 18.5. The summed E-state index contributed by atoms with van der Waals surface area (Å²) < 4.78 is 2.03. The van der Waals surface area contributed by atoms with E-state index in [0.29, 0.717) is 5.92 Å². The fourth-order valence-electron chi connectivity index (χ4n) is 4.33. The third-order valence-electron chi connectivity index (χ3n) is 6.22. The van der Waals surface area contributed by atoms with Crippen molar-refractivity contribution in [3.8, 4) is 0 Å². The molecule has 0 bridgehead atoms. The summed E-state index contributed by atoms with van der Waals surface area (Å²) in [6.45, 7) is 3.16. The summed E-state index contributed by atoms with van der Waals surface area (Å²) >= 11 is 0. The van der Waals surface area contributed by atoms with Crippen LogP contribution in [0.4, 0.5) is 0 Å². The topological polar surface area (TPSA) is 76.0 Å². The summed E-state index contributed by atoms with van der Waals surface area (Å²) in [6.07, 6.45) is 7.34. The van der Waals surface area contributed by atoms with Crippen LogP contribution in [0.3, 0.4) is 0 Å². The van der Waals surface area contributed by atoms with Crippen molar-refractivity contribution in [2.45, 2.75) is 57.7 Å². The number of nitrogens with zero attached hydrogens (tertiary/aromatic N) is 2. The van der Waals surface area contributed by atoms with Gasteiger partial charge in [0.15, 0.2) is 0 Å². The first-order valence-electron chi connectivity index (χ1n) is 11.3. The summed E-state index contributed by atoms with van der Waals surface area (Å²) in [6, 6.07) is 18.8.